The topological polar surface area (TPSA) is 114 Å². The molecule has 0 aliphatic carbocycles. The Bertz CT molecular complexity index is 403. The first kappa shape index (κ1) is 19.8. The summed E-state index contributed by atoms with van der Waals surface area (Å²) in [5.74, 6) is -1.17. The van der Waals surface area contributed by atoms with Crippen molar-refractivity contribution < 1.29 is 29.0 Å². The van der Waals surface area contributed by atoms with E-state index in [0.717, 1.165) is 0 Å². The molecular formula is C14H24N2O6. The fraction of sp³-hybridized carbons (Fsp3) is 0.643. The summed E-state index contributed by atoms with van der Waals surface area (Å²) in [4.78, 5) is 33.7. The molecule has 8 heteroatoms. The van der Waals surface area contributed by atoms with Gasteiger partial charge in [-0.2, -0.15) is 0 Å². The molecule has 0 aromatic rings. The number of alkyl carbamates (subject to hydrolysis) is 2. The van der Waals surface area contributed by atoms with Gasteiger partial charge in [0.1, 0.15) is 18.2 Å². The summed E-state index contributed by atoms with van der Waals surface area (Å²) in [7, 11) is 0. The van der Waals surface area contributed by atoms with E-state index in [9.17, 15) is 14.4 Å². The number of hydrogen-bond donors (Lipinski definition) is 3. The zero-order valence-electron chi connectivity index (χ0n) is 13.2. The van der Waals surface area contributed by atoms with Gasteiger partial charge in [0.05, 0.1) is 0 Å². The number of carbonyl (C=O) groups excluding carboxylic acids is 2. The maximum Gasteiger partial charge on any atom is 0.408 e. The van der Waals surface area contributed by atoms with Gasteiger partial charge in [-0.3, -0.25) is 0 Å². The second kappa shape index (κ2) is 9.64. The molecule has 8 nitrogen and oxygen atoms in total. The van der Waals surface area contributed by atoms with Crippen molar-refractivity contribution in [2.45, 2.75) is 45.3 Å². The summed E-state index contributed by atoms with van der Waals surface area (Å²) in [6.07, 6.45) is 0.543. The Labute approximate surface area is 129 Å². The number of rotatable bonds is 8. The number of carbonyl (C=O) groups is 3. The number of amides is 2. The summed E-state index contributed by atoms with van der Waals surface area (Å²) >= 11 is 0. The monoisotopic (exact) mass is 316 g/mol. The molecule has 1 atom stereocenters. The van der Waals surface area contributed by atoms with Gasteiger partial charge in [0.15, 0.2) is 0 Å². The van der Waals surface area contributed by atoms with Gasteiger partial charge >= 0.3 is 18.2 Å². The lowest BCUT2D eigenvalue weighted by Gasteiger charge is -2.22. The number of aliphatic carboxylic acids is 1. The van der Waals surface area contributed by atoms with Crippen molar-refractivity contribution >= 4 is 18.2 Å². The highest BCUT2D eigenvalue weighted by Gasteiger charge is 2.23. The fourth-order valence-electron chi connectivity index (χ4n) is 1.39. The highest BCUT2D eigenvalue weighted by atomic mass is 16.6. The summed E-state index contributed by atoms with van der Waals surface area (Å²) < 4.78 is 9.69. The first-order valence-corrected chi connectivity index (χ1v) is 6.89. The maximum atomic E-state index is 11.5. The zero-order valence-corrected chi connectivity index (χ0v) is 13.2. The average Bonchev–Trinajstić information content (AvgIpc) is 2.37. The van der Waals surface area contributed by atoms with Crippen molar-refractivity contribution in [3.8, 4) is 0 Å². The molecule has 3 N–H and O–H groups in total. The molecule has 0 spiro atoms. The predicted octanol–water partition coefficient (Wildman–Crippen LogP) is 1.66. The second-order valence-corrected chi connectivity index (χ2v) is 5.49. The molecule has 0 fully saturated rings. The smallest absolute Gasteiger partial charge is 0.408 e. The van der Waals surface area contributed by atoms with Crippen molar-refractivity contribution in [2.75, 3.05) is 13.2 Å². The highest BCUT2D eigenvalue weighted by molar-refractivity contribution is 5.79. The number of hydrogen-bond acceptors (Lipinski definition) is 5. The number of ether oxygens (including phenoxy) is 2. The van der Waals surface area contributed by atoms with Gasteiger partial charge in [0.25, 0.3) is 0 Å². The third-order valence-electron chi connectivity index (χ3n) is 2.26. The minimum absolute atomic E-state index is 0.101. The van der Waals surface area contributed by atoms with Crippen LogP contribution in [0.4, 0.5) is 9.59 Å². The Morgan fingerprint density at radius 1 is 1.27 bits per heavy atom. The van der Waals surface area contributed by atoms with Crippen LogP contribution in [0.1, 0.15) is 33.6 Å². The fourth-order valence-corrected chi connectivity index (χ4v) is 1.39. The molecule has 0 saturated carbocycles. The van der Waals surface area contributed by atoms with Gasteiger partial charge in [0.2, 0.25) is 0 Å². The molecule has 126 valence electrons. The van der Waals surface area contributed by atoms with Crippen LogP contribution in [0.25, 0.3) is 0 Å². The van der Waals surface area contributed by atoms with E-state index in [-0.39, 0.29) is 19.6 Å². The van der Waals surface area contributed by atoms with Gasteiger partial charge in [-0.15, -0.1) is 0 Å². The zero-order chi connectivity index (χ0) is 17.2. The summed E-state index contributed by atoms with van der Waals surface area (Å²) in [6, 6.07) is -1.08. The van der Waals surface area contributed by atoms with Crippen LogP contribution in [0.3, 0.4) is 0 Å². The lowest BCUT2D eigenvalue weighted by molar-refractivity contribution is -0.139. The molecule has 0 aromatic carbocycles. The van der Waals surface area contributed by atoms with E-state index >= 15 is 0 Å². The Kier molecular flexibility index (Phi) is 8.66. The molecule has 0 aliphatic rings. The molecule has 2 amide bonds. The minimum Gasteiger partial charge on any atom is -0.480 e. The first-order chi connectivity index (χ1) is 10.2. The normalized spacial score (nSPS) is 12.0. The van der Waals surface area contributed by atoms with Crippen molar-refractivity contribution in [3.63, 3.8) is 0 Å². The van der Waals surface area contributed by atoms with Gasteiger partial charge < -0.3 is 25.2 Å². The Morgan fingerprint density at radius 2 is 1.91 bits per heavy atom. The number of nitrogens with one attached hydrogen (secondary N) is 2. The molecular weight excluding hydrogens is 292 g/mol. The van der Waals surface area contributed by atoms with E-state index in [1.807, 2.05) is 0 Å². The van der Waals surface area contributed by atoms with Gasteiger partial charge in [-0.1, -0.05) is 12.7 Å². The van der Waals surface area contributed by atoms with Crippen molar-refractivity contribution in [1.82, 2.24) is 10.6 Å². The van der Waals surface area contributed by atoms with Crippen LogP contribution in [0.15, 0.2) is 12.7 Å². The maximum absolute atomic E-state index is 11.5. The molecule has 0 radical (unpaired) electrons. The molecule has 0 saturated heterocycles. The summed E-state index contributed by atoms with van der Waals surface area (Å²) in [6.45, 7) is 8.78. The van der Waals surface area contributed by atoms with E-state index in [2.05, 4.69) is 17.2 Å². The van der Waals surface area contributed by atoms with Gasteiger partial charge in [0, 0.05) is 6.54 Å². The summed E-state index contributed by atoms with van der Waals surface area (Å²) in [5.41, 5.74) is -0.705. The van der Waals surface area contributed by atoms with Crippen LogP contribution in [-0.4, -0.2) is 48.1 Å². The van der Waals surface area contributed by atoms with Crippen LogP contribution in [0.2, 0.25) is 0 Å². The Balaban J connectivity index is 4.10. The van der Waals surface area contributed by atoms with Gasteiger partial charge in [-0.05, 0) is 33.6 Å². The highest BCUT2D eigenvalue weighted by Crippen LogP contribution is 2.07. The van der Waals surface area contributed by atoms with Crippen LogP contribution < -0.4 is 10.6 Å². The van der Waals surface area contributed by atoms with E-state index in [0.29, 0.717) is 6.42 Å². The first-order valence-electron chi connectivity index (χ1n) is 6.89. The average molecular weight is 316 g/mol. The largest absolute Gasteiger partial charge is 0.480 e. The Morgan fingerprint density at radius 3 is 2.41 bits per heavy atom. The molecule has 0 bridgehead atoms. The molecule has 22 heavy (non-hydrogen) atoms. The number of carboxylic acid groups (broad SMARTS) is 1. The molecule has 0 aromatic heterocycles. The van der Waals surface area contributed by atoms with Crippen LogP contribution in [0.5, 0.6) is 0 Å². The van der Waals surface area contributed by atoms with Gasteiger partial charge in [-0.25, -0.2) is 14.4 Å². The third kappa shape index (κ3) is 10.5. The lowest BCUT2D eigenvalue weighted by Crippen LogP contribution is -2.43. The van der Waals surface area contributed by atoms with Crippen molar-refractivity contribution in [1.29, 1.82) is 0 Å². The number of carboxylic acids is 1. The quantitative estimate of drug-likeness (QED) is 0.463. The van der Waals surface area contributed by atoms with Crippen LogP contribution >= 0.6 is 0 Å². The van der Waals surface area contributed by atoms with Crippen molar-refractivity contribution in [3.05, 3.63) is 12.7 Å². The lowest BCUT2D eigenvalue weighted by atomic mass is 10.1. The Hall–Kier alpha value is -2.25. The predicted molar refractivity (Wildman–Crippen MR) is 79.6 cm³/mol. The van der Waals surface area contributed by atoms with E-state index in [1.165, 1.54) is 6.08 Å². The minimum atomic E-state index is -1.17. The van der Waals surface area contributed by atoms with Crippen LogP contribution in [-0.2, 0) is 14.3 Å². The molecule has 0 heterocycles. The second-order valence-electron chi connectivity index (χ2n) is 5.49. The van der Waals surface area contributed by atoms with Crippen molar-refractivity contribution in [2.24, 2.45) is 0 Å². The summed E-state index contributed by atoms with van der Waals surface area (Å²) in [5, 5.41) is 13.8. The third-order valence-corrected chi connectivity index (χ3v) is 2.26. The van der Waals surface area contributed by atoms with E-state index in [4.69, 9.17) is 14.6 Å². The van der Waals surface area contributed by atoms with E-state index < -0.39 is 29.8 Å². The molecule has 0 aliphatic heterocycles. The van der Waals surface area contributed by atoms with E-state index in [1.54, 1.807) is 20.8 Å². The SMILES string of the molecule is C=CCOC(=O)NCCC[C@H](NC(=O)OC(C)(C)C)C(=O)O. The standard InChI is InChI=1S/C14H24N2O6/c1-5-9-21-12(19)15-8-6-7-10(11(17)18)16-13(20)22-14(2,3)4/h5,10H,1,6-9H2,2-4H3,(H,15,19)(H,16,20)(H,17,18)/t10-/m0/s1. The molecule has 0 unspecified atom stereocenters. The molecule has 0 rings (SSSR count). The van der Waals surface area contributed by atoms with Crippen LogP contribution in [0, 0.1) is 0 Å².